The smallest absolute Gasteiger partial charge is 0.373 e. The second-order valence-electron chi connectivity index (χ2n) is 5.39. The van der Waals surface area contributed by atoms with Gasteiger partial charge >= 0.3 is 11.6 Å². The van der Waals surface area contributed by atoms with Crippen LogP contribution in [0.15, 0.2) is 60.9 Å². The second kappa shape index (κ2) is 7.39. The third kappa shape index (κ3) is 4.08. The molecule has 0 aliphatic carbocycles. The van der Waals surface area contributed by atoms with Gasteiger partial charge in [-0.3, -0.25) is 10.1 Å². The minimum Gasteiger partial charge on any atom is -0.434 e. The Balaban J connectivity index is 1.86. The van der Waals surface area contributed by atoms with Crippen molar-refractivity contribution in [2.75, 3.05) is 5.32 Å². The van der Waals surface area contributed by atoms with Crippen LogP contribution in [-0.4, -0.2) is 14.9 Å². The van der Waals surface area contributed by atoms with Gasteiger partial charge in [0, 0.05) is 6.54 Å². The van der Waals surface area contributed by atoms with Crippen molar-refractivity contribution < 1.29 is 9.66 Å². The maximum absolute atomic E-state index is 11.5. The summed E-state index contributed by atoms with van der Waals surface area (Å²) >= 11 is 0. The van der Waals surface area contributed by atoms with Gasteiger partial charge in [0.25, 0.3) is 0 Å². The summed E-state index contributed by atoms with van der Waals surface area (Å²) in [5, 5.41) is 14.5. The van der Waals surface area contributed by atoms with E-state index in [4.69, 9.17) is 4.74 Å². The number of rotatable bonds is 6. The predicted molar refractivity (Wildman–Crippen MR) is 93.7 cm³/mol. The molecule has 7 nitrogen and oxygen atoms in total. The summed E-state index contributed by atoms with van der Waals surface area (Å²) in [6.45, 7) is 2.35. The molecule has 0 spiro atoms. The van der Waals surface area contributed by atoms with Gasteiger partial charge < -0.3 is 10.1 Å². The molecule has 0 atom stereocenters. The van der Waals surface area contributed by atoms with E-state index in [1.165, 1.54) is 6.33 Å². The number of aryl methyl sites for hydroxylation is 1. The average molecular weight is 336 g/mol. The van der Waals surface area contributed by atoms with Gasteiger partial charge in [0.1, 0.15) is 12.1 Å². The molecule has 1 heterocycles. The molecule has 3 aromatic rings. The number of benzene rings is 2. The molecule has 0 fully saturated rings. The van der Waals surface area contributed by atoms with Crippen LogP contribution in [0.1, 0.15) is 11.1 Å². The largest absolute Gasteiger partial charge is 0.434 e. The number of nitro groups is 1. The molecular weight excluding hydrogens is 320 g/mol. The Labute approximate surface area is 144 Å². The van der Waals surface area contributed by atoms with Crippen LogP contribution >= 0.6 is 0 Å². The SMILES string of the molecule is Cc1ccc(Oc2ncnc(NCc3ccccc3)c2[N+](=O)[O-])cc1. The van der Waals surface area contributed by atoms with Crippen LogP contribution in [0.25, 0.3) is 0 Å². The average Bonchev–Trinajstić information content (AvgIpc) is 2.62. The molecule has 1 N–H and O–H groups in total. The normalized spacial score (nSPS) is 10.3. The zero-order chi connectivity index (χ0) is 17.6. The van der Waals surface area contributed by atoms with Crippen LogP contribution in [0.4, 0.5) is 11.5 Å². The molecule has 0 bridgehead atoms. The molecular formula is C18H16N4O3. The van der Waals surface area contributed by atoms with Gasteiger partial charge in [-0.25, -0.2) is 4.98 Å². The number of hydrogen-bond donors (Lipinski definition) is 1. The molecule has 0 unspecified atom stereocenters. The summed E-state index contributed by atoms with van der Waals surface area (Å²) in [6.07, 6.45) is 1.24. The van der Waals surface area contributed by atoms with E-state index in [1.807, 2.05) is 49.4 Å². The first kappa shape index (κ1) is 16.4. The van der Waals surface area contributed by atoms with Crippen molar-refractivity contribution >= 4 is 11.5 Å². The quantitative estimate of drug-likeness (QED) is 0.538. The van der Waals surface area contributed by atoms with Crippen LogP contribution in [0.3, 0.4) is 0 Å². The third-order valence-electron chi connectivity index (χ3n) is 3.51. The van der Waals surface area contributed by atoms with Gasteiger partial charge in [0.05, 0.1) is 4.92 Å². The fourth-order valence-electron chi connectivity index (χ4n) is 2.23. The summed E-state index contributed by atoms with van der Waals surface area (Å²) in [4.78, 5) is 18.9. The Kier molecular flexibility index (Phi) is 4.84. The number of anilines is 1. The van der Waals surface area contributed by atoms with Crippen molar-refractivity contribution in [2.24, 2.45) is 0 Å². The Morgan fingerprint density at radius 2 is 1.80 bits per heavy atom. The van der Waals surface area contributed by atoms with Gasteiger partial charge in [-0.2, -0.15) is 4.98 Å². The topological polar surface area (TPSA) is 90.2 Å². The first-order chi connectivity index (χ1) is 12.1. The van der Waals surface area contributed by atoms with Gasteiger partial charge in [-0.05, 0) is 24.6 Å². The van der Waals surface area contributed by atoms with Crippen LogP contribution in [-0.2, 0) is 6.54 Å². The van der Waals surface area contributed by atoms with Crippen molar-refractivity contribution in [2.45, 2.75) is 13.5 Å². The summed E-state index contributed by atoms with van der Waals surface area (Å²) in [5.41, 5.74) is 1.75. The molecule has 7 heteroatoms. The van der Waals surface area contributed by atoms with Crippen LogP contribution in [0.2, 0.25) is 0 Å². The van der Waals surface area contributed by atoms with Crippen molar-refractivity contribution in [1.82, 2.24) is 9.97 Å². The van der Waals surface area contributed by atoms with Gasteiger partial charge in [0.2, 0.25) is 5.82 Å². The highest BCUT2D eigenvalue weighted by molar-refractivity contribution is 5.61. The van der Waals surface area contributed by atoms with Gasteiger partial charge in [-0.1, -0.05) is 48.0 Å². The molecule has 3 rings (SSSR count). The van der Waals surface area contributed by atoms with Crippen LogP contribution < -0.4 is 10.1 Å². The predicted octanol–water partition coefficient (Wildman–Crippen LogP) is 4.10. The highest BCUT2D eigenvalue weighted by atomic mass is 16.6. The van der Waals surface area contributed by atoms with E-state index in [0.29, 0.717) is 12.3 Å². The third-order valence-corrected chi connectivity index (χ3v) is 3.51. The van der Waals surface area contributed by atoms with E-state index >= 15 is 0 Å². The van der Waals surface area contributed by atoms with Crippen molar-refractivity contribution in [1.29, 1.82) is 0 Å². The van der Waals surface area contributed by atoms with E-state index in [1.54, 1.807) is 12.1 Å². The van der Waals surface area contributed by atoms with E-state index in [0.717, 1.165) is 11.1 Å². The van der Waals surface area contributed by atoms with Crippen molar-refractivity contribution in [3.8, 4) is 11.6 Å². The second-order valence-corrected chi connectivity index (χ2v) is 5.39. The molecule has 0 amide bonds. The molecule has 0 radical (unpaired) electrons. The first-order valence-electron chi connectivity index (χ1n) is 7.65. The molecule has 0 saturated heterocycles. The monoisotopic (exact) mass is 336 g/mol. The Bertz CT molecular complexity index is 867. The van der Waals surface area contributed by atoms with Gasteiger partial charge in [0.15, 0.2) is 0 Å². The van der Waals surface area contributed by atoms with Crippen LogP contribution in [0, 0.1) is 17.0 Å². The summed E-state index contributed by atoms with van der Waals surface area (Å²) in [5.74, 6) is 0.492. The highest BCUT2D eigenvalue weighted by Crippen LogP contribution is 2.34. The highest BCUT2D eigenvalue weighted by Gasteiger charge is 2.24. The lowest BCUT2D eigenvalue weighted by Gasteiger charge is -2.09. The standard InChI is InChI=1S/C18H16N4O3/c1-13-7-9-15(10-8-13)25-18-16(22(23)24)17(20-12-21-18)19-11-14-5-3-2-4-6-14/h2-10,12H,11H2,1H3,(H,19,20,21). The summed E-state index contributed by atoms with van der Waals surface area (Å²) in [6, 6.07) is 16.7. The minimum atomic E-state index is -0.545. The van der Waals surface area contributed by atoms with Crippen molar-refractivity contribution in [3.63, 3.8) is 0 Å². The zero-order valence-electron chi connectivity index (χ0n) is 13.5. The summed E-state index contributed by atoms with van der Waals surface area (Å²) < 4.78 is 5.59. The Morgan fingerprint density at radius 1 is 1.08 bits per heavy atom. The van der Waals surface area contributed by atoms with E-state index in [9.17, 15) is 10.1 Å². The molecule has 25 heavy (non-hydrogen) atoms. The molecule has 126 valence electrons. The molecule has 0 saturated carbocycles. The fraction of sp³-hybridized carbons (Fsp3) is 0.111. The van der Waals surface area contributed by atoms with E-state index in [2.05, 4.69) is 15.3 Å². The van der Waals surface area contributed by atoms with Gasteiger partial charge in [-0.15, -0.1) is 0 Å². The van der Waals surface area contributed by atoms with E-state index in [-0.39, 0.29) is 17.4 Å². The molecule has 1 aromatic heterocycles. The van der Waals surface area contributed by atoms with Crippen molar-refractivity contribution in [3.05, 3.63) is 82.2 Å². The minimum absolute atomic E-state index is 0.0978. The maximum atomic E-state index is 11.5. The van der Waals surface area contributed by atoms with Crippen LogP contribution in [0.5, 0.6) is 11.6 Å². The Hall–Kier alpha value is -3.48. The number of hydrogen-bond acceptors (Lipinski definition) is 6. The molecule has 2 aromatic carbocycles. The lowest BCUT2D eigenvalue weighted by molar-refractivity contribution is -0.385. The Morgan fingerprint density at radius 3 is 2.48 bits per heavy atom. The molecule has 0 aliphatic rings. The number of nitrogens with one attached hydrogen (secondary N) is 1. The molecule has 0 aliphatic heterocycles. The lowest BCUT2D eigenvalue weighted by atomic mass is 10.2. The number of aromatic nitrogens is 2. The summed E-state index contributed by atoms with van der Waals surface area (Å²) in [7, 11) is 0. The number of nitrogens with zero attached hydrogens (tertiary/aromatic N) is 3. The van der Waals surface area contributed by atoms with E-state index < -0.39 is 4.92 Å². The number of ether oxygens (including phenoxy) is 1. The fourth-order valence-corrected chi connectivity index (χ4v) is 2.23. The zero-order valence-corrected chi connectivity index (χ0v) is 13.5. The maximum Gasteiger partial charge on any atom is 0.373 e. The lowest BCUT2D eigenvalue weighted by Crippen LogP contribution is -2.07. The first-order valence-corrected chi connectivity index (χ1v) is 7.65.